The molecule has 0 aliphatic carbocycles. The van der Waals surface area contributed by atoms with Crippen molar-refractivity contribution in [3.05, 3.63) is 53.6 Å². The second-order valence-electron chi connectivity index (χ2n) is 8.99. The quantitative estimate of drug-likeness (QED) is 0.666. The average molecular weight is 458 g/mol. The maximum absolute atomic E-state index is 14.6. The van der Waals surface area contributed by atoms with Gasteiger partial charge < -0.3 is 20.4 Å². The van der Waals surface area contributed by atoms with Gasteiger partial charge in [0.1, 0.15) is 11.6 Å². The number of piperazine rings is 1. The van der Waals surface area contributed by atoms with Crippen LogP contribution in [0.15, 0.2) is 36.4 Å². The molecule has 1 amide bonds. The first-order valence-corrected chi connectivity index (χ1v) is 11.8. The maximum atomic E-state index is 14.6. The van der Waals surface area contributed by atoms with Crippen LogP contribution >= 0.6 is 0 Å². The lowest BCUT2D eigenvalue weighted by Gasteiger charge is -2.31. The predicted molar refractivity (Wildman–Crippen MR) is 128 cm³/mol. The summed E-state index contributed by atoms with van der Waals surface area (Å²) in [6, 6.07) is 10.4. The minimum absolute atomic E-state index is 0.132. The lowest BCUT2D eigenvalue weighted by atomic mass is 10.1. The third-order valence-corrected chi connectivity index (χ3v) is 6.44. The molecule has 0 saturated carbocycles. The Hall–Kier alpha value is -2.71. The van der Waals surface area contributed by atoms with Crippen molar-refractivity contribution in [1.29, 1.82) is 0 Å². The molecule has 2 fully saturated rings. The molecular formula is C25H33F2N5O. The summed E-state index contributed by atoms with van der Waals surface area (Å²) in [5.74, 6) is -1.58. The van der Waals surface area contributed by atoms with Gasteiger partial charge in [-0.3, -0.25) is 9.69 Å². The van der Waals surface area contributed by atoms with Crippen molar-refractivity contribution in [2.75, 3.05) is 63.1 Å². The van der Waals surface area contributed by atoms with Gasteiger partial charge in [-0.25, -0.2) is 8.78 Å². The Morgan fingerprint density at radius 2 is 1.52 bits per heavy atom. The smallest absolute Gasteiger partial charge is 0.234 e. The molecule has 4 rings (SSSR count). The number of carbonyl (C=O) groups excluding carboxylic acids is 1. The van der Waals surface area contributed by atoms with Crippen LogP contribution in [0, 0.1) is 11.6 Å². The Labute approximate surface area is 194 Å². The number of piperidine rings is 1. The molecule has 0 atom stereocenters. The van der Waals surface area contributed by atoms with Gasteiger partial charge in [0.05, 0.1) is 6.54 Å². The second-order valence-corrected chi connectivity index (χ2v) is 8.99. The first-order chi connectivity index (χ1) is 16.0. The van der Waals surface area contributed by atoms with Gasteiger partial charge in [0.2, 0.25) is 5.91 Å². The first kappa shape index (κ1) is 23.4. The SMILES string of the molecule is CN1CCN(CC(=O)NCc2c(F)cc(Nc3ccc(N4CCCCC4)cc3)cc2F)CC1. The molecule has 6 nitrogen and oxygen atoms in total. The van der Waals surface area contributed by atoms with Crippen LogP contribution in [-0.2, 0) is 11.3 Å². The molecule has 2 N–H and O–H groups in total. The van der Waals surface area contributed by atoms with Gasteiger partial charge in [0.15, 0.2) is 0 Å². The van der Waals surface area contributed by atoms with Gasteiger partial charge >= 0.3 is 0 Å². The highest BCUT2D eigenvalue weighted by atomic mass is 19.1. The van der Waals surface area contributed by atoms with Gasteiger partial charge in [-0.2, -0.15) is 0 Å². The van der Waals surface area contributed by atoms with Gasteiger partial charge in [-0.1, -0.05) is 0 Å². The predicted octanol–water partition coefficient (Wildman–Crippen LogP) is 3.56. The number of hydrogen-bond donors (Lipinski definition) is 2. The fourth-order valence-electron chi connectivity index (χ4n) is 4.37. The number of amides is 1. The van der Waals surface area contributed by atoms with Gasteiger partial charge in [0.25, 0.3) is 0 Å². The standard InChI is InChI=1S/C25H33F2N5O/c1-30-11-13-31(14-12-30)18-25(33)28-17-22-23(26)15-20(16-24(22)27)29-19-5-7-21(8-6-19)32-9-3-2-4-10-32/h5-8,15-16,29H,2-4,9-14,17-18H2,1H3,(H,28,33). The third kappa shape index (κ3) is 6.42. The molecule has 0 spiro atoms. The summed E-state index contributed by atoms with van der Waals surface area (Å²) >= 11 is 0. The van der Waals surface area contributed by atoms with Crippen molar-refractivity contribution >= 4 is 23.0 Å². The van der Waals surface area contributed by atoms with Crippen molar-refractivity contribution in [3.8, 4) is 0 Å². The van der Waals surface area contributed by atoms with Crippen LogP contribution in [0.4, 0.5) is 25.8 Å². The number of likely N-dealkylation sites (N-methyl/N-ethyl adjacent to an activating group) is 1. The van der Waals surface area contributed by atoms with Gasteiger partial charge in [0, 0.05) is 68.4 Å². The number of hydrogen-bond acceptors (Lipinski definition) is 5. The normalized spacial score (nSPS) is 17.7. The summed E-state index contributed by atoms with van der Waals surface area (Å²) in [7, 11) is 2.05. The Morgan fingerprint density at radius 3 is 2.15 bits per heavy atom. The van der Waals surface area contributed by atoms with E-state index in [9.17, 15) is 13.6 Å². The minimum Gasteiger partial charge on any atom is -0.372 e. The number of anilines is 3. The fraction of sp³-hybridized carbons (Fsp3) is 0.480. The molecule has 2 saturated heterocycles. The zero-order valence-electron chi connectivity index (χ0n) is 19.2. The van der Waals surface area contributed by atoms with E-state index in [2.05, 4.69) is 20.4 Å². The number of rotatable bonds is 7. The van der Waals surface area contributed by atoms with Crippen molar-refractivity contribution in [3.63, 3.8) is 0 Å². The monoisotopic (exact) mass is 457 g/mol. The third-order valence-electron chi connectivity index (χ3n) is 6.44. The molecule has 8 heteroatoms. The van der Waals surface area contributed by atoms with E-state index in [0.29, 0.717) is 5.69 Å². The molecule has 2 aromatic rings. The molecule has 2 aromatic carbocycles. The molecule has 2 aliphatic heterocycles. The largest absolute Gasteiger partial charge is 0.372 e. The Balaban J connectivity index is 1.31. The van der Waals surface area contributed by atoms with Crippen LogP contribution in [0.3, 0.4) is 0 Å². The Kier molecular flexibility index (Phi) is 7.77. The molecule has 2 aliphatic rings. The van der Waals surface area contributed by atoms with Crippen LogP contribution < -0.4 is 15.5 Å². The zero-order chi connectivity index (χ0) is 23.2. The minimum atomic E-state index is -0.678. The highest BCUT2D eigenvalue weighted by molar-refractivity contribution is 5.78. The van der Waals surface area contributed by atoms with E-state index in [0.717, 1.165) is 45.0 Å². The van der Waals surface area contributed by atoms with Crippen molar-refractivity contribution in [2.45, 2.75) is 25.8 Å². The number of nitrogens with one attached hydrogen (secondary N) is 2. The molecule has 0 bridgehead atoms. The van der Waals surface area contributed by atoms with E-state index in [4.69, 9.17) is 0 Å². The number of halogens is 2. The Morgan fingerprint density at radius 1 is 0.879 bits per heavy atom. The summed E-state index contributed by atoms with van der Waals surface area (Å²) in [5.41, 5.74) is 2.14. The molecular weight excluding hydrogens is 424 g/mol. The summed E-state index contributed by atoms with van der Waals surface area (Å²) in [4.78, 5) is 18.8. The summed E-state index contributed by atoms with van der Waals surface area (Å²) < 4.78 is 29.2. The highest BCUT2D eigenvalue weighted by Crippen LogP contribution is 2.25. The summed E-state index contributed by atoms with van der Waals surface area (Å²) in [5, 5.41) is 5.72. The van der Waals surface area contributed by atoms with Crippen LogP contribution in [0.1, 0.15) is 24.8 Å². The Bertz CT molecular complexity index is 915. The van der Waals surface area contributed by atoms with Crippen molar-refractivity contribution in [2.24, 2.45) is 0 Å². The molecule has 0 radical (unpaired) electrons. The van der Waals surface area contributed by atoms with Gasteiger partial charge in [-0.05, 0) is 62.7 Å². The van der Waals surface area contributed by atoms with E-state index in [1.165, 1.54) is 37.1 Å². The summed E-state index contributed by atoms with van der Waals surface area (Å²) in [6.07, 6.45) is 3.70. The van der Waals surface area contributed by atoms with E-state index in [1.54, 1.807) is 0 Å². The molecule has 178 valence electrons. The second kappa shape index (κ2) is 10.9. The van der Waals surface area contributed by atoms with Crippen LogP contribution in [-0.4, -0.2) is 68.6 Å². The first-order valence-electron chi connectivity index (χ1n) is 11.8. The number of benzene rings is 2. The van der Waals surface area contributed by atoms with Crippen LogP contribution in [0.25, 0.3) is 0 Å². The molecule has 33 heavy (non-hydrogen) atoms. The fourth-order valence-corrected chi connectivity index (χ4v) is 4.37. The number of nitrogens with zero attached hydrogens (tertiary/aromatic N) is 3. The molecule has 0 unspecified atom stereocenters. The van der Waals surface area contributed by atoms with E-state index in [-0.39, 0.29) is 24.6 Å². The topological polar surface area (TPSA) is 50.9 Å². The lowest BCUT2D eigenvalue weighted by Crippen LogP contribution is -2.48. The summed E-state index contributed by atoms with van der Waals surface area (Å²) in [6.45, 7) is 5.64. The molecule has 0 aromatic heterocycles. The highest BCUT2D eigenvalue weighted by Gasteiger charge is 2.18. The average Bonchev–Trinajstić information content (AvgIpc) is 2.81. The molecule has 2 heterocycles. The lowest BCUT2D eigenvalue weighted by molar-refractivity contribution is -0.122. The van der Waals surface area contributed by atoms with Crippen LogP contribution in [0.2, 0.25) is 0 Å². The van der Waals surface area contributed by atoms with Crippen molar-refractivity contribution < 1.29 is 13.6 Å². The zero-order valence-corrected chi connectivity index (χ0v) is 19.2. The maximum Gasteiger partial charge on any atom is 0.234 e. The van der Waals surface area contributed by atoms with E-state index in [1.807, 2.05) is 36.2 Å². The number of carbonyl (C=O) groups is 1. The van der Waals surface area contributed by atoms with Crippen LogP contribution in [0.5, 0.6) is 0 Å². The van der Waals surface area contributed by atoms with E-state index < -0.39 is 11.6 Å². The van der Waals surface area contributed by atoms with Gasteiger partial charge in [-0.15, -0.1) is 0 Å². The van der Waals surface area contributed by atoms with Crippen molar-refractivity contribution in [1.82, 2.24) is 15.1 Å². The van der Waals surface area contributed by atoms with E-state index >= 15 is 0 Å².